The Kier molecular flexibility index (Phi) is 2.19. The van der Waals surface area contributed by atoms with Crippen molar-refractivity contribution in [2.24, 2.45) is 0 Å². The third-order valence-corrected chi connectivity index (χ3v) is 2.71. The number of likely N-dealkylation sites (tertiary alicyclic amines) is 1. The molecule has 1 fully saturated rings. The molecule has 3 heteroatoms. The van der Waals surface area contributed by atoms with Gasteiger partial charge in [0.25, 0.3) is 0 Å². The molecule has 2 N–H and O–H groups in total. The minimum Gasteiger partial charge on any atom is -0.397 e. The number of anilines is 1. The Morgan fingerprint density at radius 2 is 2.46 bits per heavy atom. The third-order valence-electron chi connectivity index (χ3n) is 2.71. The normalized spacial score (nSPS) is 23.6. The molecule has 2 rings (SSSR count). The van der Waals surface area contributed by atoms with Crippen LogP contribution in [0.1, 0.15) is 24.6 Å². The SMILES string of the molecule is CN1CCCC1c1ncccc1N. The quantitative estimate of drug-likeness (QED) is 0.705. The van der Waals surface area contributed by atoms with E-state index in [2.05, 4.69) is 16.9 Å². The lowest BCUT2D eigenvalue weighted by Crippen LogP contribution is -2.19. The lowest BCUT2D eigenvalue weighted by atomic mass is 10.1. The number of hydrogen-bond donors (Lipinski definition) is 1. The summed E-state index contributed by atoms with van der Waals surface area (Å²) in [6, 6.07) is 4.24. The van der Waals surface area contributed by atoms with Crippen LogP contribution in [-0.2, 0) is 0 Å². The standard InChI is InChI=1S/C10H15N3/c1-13-7-3-5-9(13)10-8(11)4-2-6-12-10/h2,4,6,9H,3,5,7,11H2,1H3. The van der Waals surface area contributed by atoms with Crippen molar-refractivity contribution in [2.45, 2.75) is 18.9 Å². The molecule has 0 radical (unpaired) electrons. The summed E-state index contributed by atoms with van der Waals surface area (Å²) in [4.78, 5) is 6.66. The van der Waals surface area contributed by atoms with Gasteiger partial charge in [0.15, 0.2) is 0 Å². The zero-order chi connectivity index (χ0) is 9.26. The largest absolute Gasteiger partial charge is 0.397 e. The molecule has 3 nitrogen and oxygen atoms in total. The van der Waals surface area contributed by atoms with E-state index < -0.39 is 0 Å². The van der Waals surface area contributed by atoms with Crippen LogP contribution in [0.25, 0.3) is 0 Å². The number of aromatic nitrogens is 1. The Balaban J connectivity index is 2.29. The van der Waals surface area contributed by atoms with Crippen molar-refractivity contribution in [3.05, 3.63) is 24.0 Å². The first-order valence-corrected chi connectivity index (χ1v) is 4.69. The lowest BCUT2D eigenvalue weighted by molar-refractivity contribution is 0.313. The molecule has 2 heterocycles. The summed E-state index contributed by atoms with van der Waals surface area (Å²) in [6.45, 7) is 1.15. The summed E-state index contributed by atoms with van der Waals surface area (Å²) in [7, 11) is 2.13. The van der Waals surface area contributed by atoms with Gasteiger partial charge in [-0.05, 0) is 38.6 Å². The number of nitrogens with zero attached hydrogens (tertiary/aromatic N) is 2. The highest BCUT2D eigenvalue weighted by Gasteiger charge is 2.24. The molecular formula is C10H15N3. The van der Waals surface area contributed by atoms with Crippen LogP contribution in [0.15, 0.2) is 18.3 Å². The monoisotopic (exact) mass is 177 g/mol. The van der Waals surface area contributed by atoms with E-state index in [9.17, 15) is 0 Å². The smallest absolute Gasteiger partial charge is 0.0803 e. The van der Waals surface area contributed by atoms with Gasteiger partial charge in [0.05, 0.1) is 17.4 Å². The number of nitrogens with two attached hydrogens (primary N) is 1. The van der Waals surface area contributed by atoms with E-state index in [-0.39, 0.29) is 0 Å². The van der Waals surface area contributed by atoms with Crippen LogP contribution in [0.2, 0.25) is 0 Å². The van der Waals surface area contributed by atoms with E-state index in [1.165, 1.54) is 12.8 Å². The van der Waals surface area contributed by atoms with Crippen LogP contribution in [0.5, 0.6) is 0 Å². The van der Waals surface area contributed by atoms with Gasteiger partial charge in [-0.15, -0.1) is 0 Å². The number of hydrogen-bond acceptors (Lipinski definition) is 3. The Labute approximate surface area is 78.6 Å². The van der Waals surface area contributed by atoms with E-state index in [4.69, 9.17) is 5.73 Å². The van der Waals surface area contributed by atoms with Gasteiger partial charge in [-0.1, -0.05) is 0 Å². The molecule has 70 valence electrons. The first kappa shape index (κ1) is 8.51. The summed E-state index contributed by atoms with van der Waals surface area (Å²) in [6.07, 6.45) is 4.24. The maximum Gasteiger partial charge on any atom is 0.0803 e. The number of rotatable bonds is 1. The molecule has 0 amide bonds. The van der Waals surface area contributed by atoms with Crippen molar-refractivity contribution in [3.8, 4) is 0 Å². The molecule has 13 heavy (non-hydrogen) atoms. The van der Waals surface area contributed by atoms with Crippen molar-refractivity contribution in [3.63, 3.8) is 0 Å². The zero-order valence-electron chi connectivity index (χ0n) is 7.90. The van der Waals surface area contributed by atoms with Crippen molar-refractivity contribution in [1.29, 1.82) is 0 Å². The Bertz CT molecular complexity index is 298. The molecule has 1 aliphatic heterocycles. The van der Waals surface area contributed by atoms with Crippen molar-refractivity contribution in [1.82, 2.24) is 9.88 Å². The Morgan fingerprint density at radius 3 is 3.08 bits per heavy atom. The minimum atomic E-state index is 0.432. The predicted octanol–water partition coefficient (Wildman–Crippen LogP) is 1.43. The lowest BCUT2D eigenvalue weighted by Gasteiger charge is -2.19. The van der Waals surface area contributed by atoms with Crippen LogP contribution in [0, 0.1) is 0 Å². The fourth-order valence-corrected chi connectivity index (χ4v) is 1.96. The third kappa shape index (κ3) is 1.52. The second-order valence-corrected chi connectivity index (χ2v) is 3.62. The van der Waals surface area contributed by atoms with Gasteiger partial charge in [0.2, 0.25) is 0 Å². The predicted molar refractivity (Wildman–Crippen MR) is 53.3 cm³/mol. The van der Waals surface area contributed by atoms with Crippen LogP contribution < -0.4 is 5.73 Å². The molecule has 1 aliphatic rings. The first-order chi connectivity index (χ1) is 6.29. The van der Waals surface area contributed by atoms with Gasteiger partial charge in [-0.25, -0.2) is 0 Å². The average Bonchev–Trinajstić information content (AvgIpc) is 2.52. The fraction of sp³-hybridized carbons (Fsp3) is 0.500. The van der Waals surface area contributed by atoms with E-state index in [0.29, 0.717) is 6.04 Å². The number of nitrogen functional groups attached to an aromatic ring is 1. The molecule has 0 aliphatic carbocycles. The Hall–Kier alpha value is -1.09. The summed E-state index contributed by atoms with van der Waals surface area (Å²) in [5.74, 6) is 0. The fourth-order valence-electron chi connectivity index (χ4n) is 1.96. The molecule has 1 atom stereocenters. The van der Waals surface area contributed by atoms with Crippen molar-refractivity contribution < 1.29 is 0 Å². The van der Waals surface area contributed by atoms with Gasteiger partial charge in [-0.2, -0.15) is 0 Å². The van der Waals surface area contributed by atoms with Gasteiger partial charge >= 0.3 is 0 Å². The molecular weight excluding hydrogens is 162 g/mol. The first-order valence-electron chi connectivity index (χ1n) is 4.69. The molecule has 1 aromatic rings. The van der Waals surface area contributed by atoms with E-state index >= 15 is 0 Å². The van der Waals surface area contributed by atoms with Gasteiger partial charge in [-0.3, -0.25) is 9.88 Å². The van der Waals surface area contributed by atoms with Crippen molar-refractivity contribution >= 4 is 5.69 Å². The van der Waals surface area contributed by atoms with E-state index in [1.54, 1.807) is 0 Å². The van der Waals surface area contributed by atoms with Crippen molar-refractivity contribution in [2.75, 3.05) is 19.3 Å². The molecule has 0 spiro atoms. The molecule has 1 saturated heterocycles. The highest BCUT2D eigenvalue weighted by Crippen LogP contribution is 2.31. The maximum absolute atomic E-state index is 5.87. The van der Waals surface area contributed by atoms with Gasteiger partial charge in [0.1, 0.15) is 0 Å². The molecule has 0 aromatic carbocycles. The highest BCUT2D eigenvalue weighted by atomic mass is 15.2. The van der Waals surface area contributed by atoms with Crippen LogP contribution in [0.3, 0.4) is 0 Å². The van der Waals surface area contributed by atoms with Crippen LogP contribution in [-0.4, -0.2) is 23.5 Å². The highest BCUT2D eigenvalue weighted by molar-refractivity contribution is 5.43. The molecule has 0 bridgehead atoms. The Morgan fingerprint density at radius 1 is 1.62 bits per heavy atom. The van der Waals surface area contributed by atoms with Crippen LogP contribution in [0.4, 0.5) is 5.69 Å². The topological polar surface area (TPSA) is 42.2 Å². The summed E-state index contributed by atoms with van der Waals surface area (Å²) in [5, 5.41) is 0. The average molecular weight is 177 g/mol. The van der Waals surface area contributed by atoms with E-state index in [1.807, 2.05) is 18.3 Å². The van der Waals surface area contributed by atoms with Gasteiger partial charge in [0, 0.05) is 6.20 Å². The minimum absolute atomic E-state index is 0.432. The van der Waals surface area contributed by atoms with Crippen LogP contribution >= 0.6 is 0 Å². The molecule has 0 saturated carbocycles. The summed E-state index contributed by atoms with van der Waals surface area (Å²) >= 11 is 0. The number of pyridine rings is 1. The second-order valence-electron chi connectivity index (χ2n) is 3.62. The second kappa shape index (κ2) is 3.34. The van der Waals surface area contributed by atoms with E-state index in [0.717, 1.165) is 17.9 Å². The van der Waals surface area contributed by atoms with Gasteiger partial charge < -0.3 is 5.73 Å². The molecule has 1 unspecified atom stereocenters. The summed E-state index contributed by atoms with van der Waals surface area (Å²) in [5.41, 5.74) is 7.74. The maximum atomic E-state index is 5.87. The molecule has 1 aromatic heterocycles. The summed E-state index contributed by atoms with van der Waals surface area (Å²) < 4.78 is 0. The zero-order valence-corrected chi connectivity index (χ0v) is 7.90.